The van der Waals surface area contributed by atoms with E-state index in [2.05, 4.69) is 255 Å². The van der Waals surface area contributed by atoms with Gasteiger partial charge in [0.1, 0.15) is 11.2 Å². The maximum absolute atomic E-state index is 6.28. The Hall–Kier alpha value is -8.72. The first-order valence-corrected chi connectivity index (χ1v) is 23.9. The van der Waals surface area contributed by atoms with Crippen LogP contribution in [0.15, 0.2) is 253 Å². The number of nitrogens with zero attached hydrogens (tertiary/aromatic N) is 1. The Labute approximate surface area is 403 Å². The zero-order valence-corrected chi connectivity index (χ0v) is 38.5. The SMILES string of the molecule is CC1(C)c2ccccc2-c2cccc(-c3ccc(N(c4ccc(-c5ccc(-c6cccc(-c7ccc8ccccc8c7)c6)cc5)cc4)c4ccc(-c5ccc6c(c5)oc5ccccc56)cc4)cc3)c21. The van der Waals surface area contributed by atoms with E-state index in [9.17, 15) is 0 Å². The standard InChI is InChI=1S/C67H47NO/c1-67(2)63-19-7-5-15-59(63)62-18-10-17-58(66(62)67)49-31-38-57(39-32-49)68(56-36-29-48(30-37-56)54-33-40-61-60-16-6-8-20-64(60)69-65(61)43-54)55-34-27-46(28-35-55)45-21-23-47(24-22-45)51-13-9-14-52(41-51)53-26-25-44-11-3-4-12-50(44)42-53/h3-43H,1-2H3. The molecule has 1 heterocycles. The molecule has 69 heavy (non-hydrogen) atoms. The zero-order valence-electron chi connectivity index (χ0n) is 38.5. The first-order chi connectivity index (χ1) is 33.9. The second-order valence-corrected chi connectivity index (χ2v) is 18.9. The fraction of sp³-hybridized carbons (Fsp3) is 0.0448. The monoisotopic (exact) mass is 881 g/mol. The number of rotatable bonds is 8. The Balaban J connectivity index is 0.826. The molecule has 0 fully saturated rings. The molecular weight excluding hydrogens is 835 g/mol. The lowest BCUT2D eigenvalue weighted by atomic mass is 9.79. The van der Waals surface area contributed by atoms with E-state index in [4.69, 9.17) is 4.42 Å². The fourth-order valence-corrected chi connectivity index (χ4v) is 10.9. The number of para-hydroxylation sites is 1. The number of hydrogen-bond acceptors (Lipinski definition) is 2. The molecule has 0 amide bonds. The van der Waals surface area contributed by atoms with E-state index in [1.54, 1.807) is 0 Å². The summed E-state index contributed by atoms with van der Waals surface area (Å²) in [6, 6.07) is 90.6. The highest BCUT2D eigenvalue weighted by Gasteiger charge is 2.37. The zero-order chi connectivity index (χ0) is 46.1. The molecule has 1 aliphatic carbocycles. The van der Waals surface area contributed by atoms with E-state index in [-0.39, 0.29) is 5.41 Å². The molecule has 1 aliphatic rings. The van der Waals surface area contributed by atoms with Crippen molar-refractivity contribution in [3.8, 4) is 66.8 Å². The minimum Gasteiger partial charge on any atom is -0.456 e. The van der Waals surface area contributed by atoms with E-state index in [0.29, 0.717) is 0 Å². The molecule has 0 aliphatic heterocycles. The summed E-state index contributed by atoms with van der Waals surface area (Å²) in [6.45, 7) is 4.72. The fourth-order valence-electron chi connectivity index (χ4n) is 10.9. The molecule has 0 radical (unpaired) electrons. The predicted octanol–water partition coefficient (Wildman–Crippen LogP) is 18.9. The number of anilines is 3. The quantitative estimate of drug-likeness (QED) is 0.151. The maximum Gasteiger partial charge on any atom is 0.136 e. The third-order valence-corrected chi connectivity index (χ3v) is 14.5. The molecular formula is C67H47NO. The second kappa shape index (κ2) is 16.3. The maximum atomic E-state index is 6.28. The Kier molecular flexibility index (Phi) is 9.55. The van der Waals surface area contributed by atoms with Crippen LogP contribution in [0.25, 0.3) is 99.5 Å². The Bertz CT molecular complexity index is 3890. The molecule has 0 atom stereocenters. The molecule has 0 spiro atoms. The van der Waals surface area contributed by atoms with Crippen molar-refractivity contribution in [2.24, 2.45) is 0 Å². The molecule has 0 saturated carbocycles. The minimum absolute atomic E-state index is 0.102. The molecule has 2 heteroatoms. The van der Waals surface area contributed by atoms with Crippen LogP contribution < -0.4 is 4.90 Å². The van der Waals surface area contributed by atoms with Crippen molar-refractivity contribution < 1.29 is 4.42 Å². The normalized spacial score (nSPS) is 12.6. The van der Waals surface area contributed by atoms with Crippen LogP contribution in [0.4, 0.5) is 17.1 Å². The van der Waals surface area contributed by atoms with Gasteiger partial charge in [-0.2, -0.15) is 0 Å². The summed E-state index contributed by atoms with van der Waals surface area (Å²) in [6.07, 6.45) is 0. The van der Waals surface area contributed by atoms with Gasteiger partial charge < -0.3 is 9.32 Å². The lowest BCUT2D eigenvalue weighted by Gasteiger charge is -2.27. The van der Waals surface area contributed by atoms with Gasteiger partial charge in [0.2, 0.25) is 0 Å². The molecule has 0 saturated heterocycles. The highest BCUT2D eigenvalue weighted by Crippen LogP contribution is 2.52. The van der Waals surface area contributed by atoms with Gasteiger partial charge in [-0.3, -0.25) is 0 Å². The van der Waals surface area contributed by atoms with Gasteiger partial charge in [0.25, 0.3) is 0 Å². The van der Waals surface area contributed by atoms with Crippen molar-refractivity contribution in [3.63, 3.8) is 0 Å². The summed E-state index contributed by atoms with van der Waals surface area (Å²) in [7, 11) is 0. The molecule has 12 aromatic rings. The molecule has 326 valence electrons. The van der Waals surface area contributed by atoms with Gasteiger partial charge in [0.15, 0.2) is 0 Å². The summed E-state index contributed by atoms with van der Waals surface area (Å²) in [5.74, 6) is 0. The van der Waals surface area contributed by atoms with E-state index in [1.807, 2.05) is 12.1 Å². The topological polar surface area (TPSA) is 16.4 Å². The average Bonchev–Trinajstić information content (AvgIpc) is 3.90. The first-order valence-electron chi connectivity index (χ1n) is 23.9. The van der Waals surface area contributed by atoms with Gasteiger partial charge in [-0.05, 0) is 155 Å². The Morgan fingerprint density at radius 2 is 0.768 bits per heavy atom. The van der Waals surface area contributed by atoms with E-state index < -0.39 is 0 Å². The largest absolute Gasteiger partial charge is 0.456 e. The van der Waals surface area contributed by atoms with E-state index >= 15 is 0 Å². The Morgan fingerprint density at radius 3 is 1.48 bits per heavy atom. The van der Waals surface area contributed by atoms with Crippen molar-refractivity contribution in [2.45, 2.75) is 19.3 Å². The summed E-state index contributed by atoms with van der Waals surface area (Å²) in [5, 5.41) is 4.79. The van der Waals surface area contributed by atoms with Crippen molar-refractivity contribution in [1.82, 2.24) is 0 Å². The summed E-state index contributed by atoms with van der Waals surface area (Å²) in [4.78, 5) is 2.36. The van der Waals surface area contributed by atoms with E-state index in [0.717, 1.165) is 50.1 Å². The Morgan fingerprint density at radius 1 is 0.304 bits per heavy atom. The average molecular weight is 882 g/mol. The minimum atomic E-state index is -0.102. The highest BCUT2D eigenvalue weighted by molar-refractivity contribution is 6.06. The van der Waals surface area contributed by atoms with Crippen molar-refractivity contribution in [2.75, 3.05) is 4.90 Å². The molecule has 2 nitrogen and oxygen atoms in total. The molecule has 0 unspecified atom stereocenters. The van der Waals surface area contributed by atoms with Crippen LogP contribution in [0, 0.1) is 0 Å². The van der Waals surface area contributed by atoms with E-state index in [1.165, 1.54) is 77.5 Å². The van der Waals surface area contributed by atoms with Crippen LogP contribution in [-0.4, -0.2) is 0 Å². The van der Waals surface area contributed by atoms with Gasteiger partial charge >= 0.3 is 0 Å². The summed E-state index contributed by atoms with van der Waals surface area (Å²) in [5.41, 5.74) is 22.4. The van der Waals surface area contributed by atoms with Crippen LogP contribution in [0.2, 0.25) is 0 Å². The van der Waals surface area contributed by atoms with Gasteiger partial charge in [0.05, 0.1) is 0 Å². The van der Waals surface area contributed by atoms with Crippen LogP contribution in [0.5, 0.6) is 0 Å². The van der Waals surface area contributed by atoms with Crippen LogP contribution in [0.1, 0.15) is 25.0 Å². The lowest BCUT2D eigenvalue weighted by Crippen LogP contribution is -2.16. The molecule has 0 bridgehead atoms. The lowest BCUT2D eigenvalue weighted by molar-refractivity contribution is 0.662. The van der Waals surface area contributed by atoms with Gasteiger partial charge in [-0.25, -0.2) is 0 Å². The van der Waals surface area contributed by atoms with Crippen LogP contribution in [0.3, 0.4) is 0 Å². The smallest absolute Gasteiger partial charge is 0.136 e. The predicted molar refractivity (Wildman–Crippen MR) is 291 cm³/mol. The van der Waals surface area contributed by atoms with Crippen molar-refractivity contribution in [1.29, 1.82) is 0 Å². The summed E-state index contributed by atoms with van der Waals surface area (Å²) < 4.78 is 6.28. The number of benzene rings is 11. The third-order valence-electron chi connectivity index (χ3n) is 14.5. The number of furan rings is 1. The summed E-state index contributed by atoms with van der Waals surface area (Å²) >= 11 is 0. The molecule has 13 rings (SSSR count). The third kappa shape index (κ3) is 7.03. The van der Waals surface area contributed by atoms with Gasteiger partial charge in [0, 0.05) is 33.2 Å². The first kappa shape index (κ1) is 40.5. The van der Waals surface area contributed by atoms with Crippen LogP contribution in [-0.2, 0) is 5.41 Å². The number of hydrogen-bond donors (Lipinski definition) is 0. The second-order valence-electron chi connectivity index (χ2n) is 18.9. The van der Waals surface area contributed by atoms with Gasteiger partial charge in [-0.15, -0.1) is 0 Å². The number of fused-ring (bicyclic) bond motifs is 7. The molecule has 11 aromatic carbocycles. The van der Waals surface area contributed by atoms with Crippen LogP contribution >= 0.6 is 0 Å². The highest BCUT2D eigenvalue weighted by atomic mass is 16.3. The van der Waals surface area contributed by atoms with Gasteiger partial charge in [-0.1, -0.05) is 196 Å². The molecule has 0 N–H and O–H groups in total. The van der Waals surface area contributed by atoms with Crippen molar-refractivity contribution in [3.05, 3.63) is 260 Å². The van der Waals surface area contributed by atoms with Crippen molar-refractivity contribution >= 4 is 49.8 Å². The molecule has 1 aromatic heterocycles.